The highest BCUT2D eigenvalue weighted by Crippen LogP contribution is 2.20. The van der Waals surface area contributed by atoms with E-state index in [0.717, 1.165) is 13.0 Å². The van der Waals surface area contributed by atoms with Gasteiger partial charge >= 0.3 is 0 Å². The Bertz CT molecular complexity index is 141. The van der Waals surface area contributed by atoms with Crippen LogP contribution < -0.4 is 5.73 Å². The van der Waals surface area contributed by atoms with Gasteiger partial charge in [0.1, 0.15) is 0 Å². The van der Waals surface area contributed by atoms with Crippen molar-refractivity contribution in [1.29, 1.82) is 5.41 Å². The Labute approximate surface area is 73.8 Å². The molecule has 0 heterocycles. The summed E-state index contributed by atoms with van der Waals surface area (Å²) in [5, 5.41) is 7.00. The van der Waals surface area contributed by atoms with E-state index in [1.54, 1.807) is 0 Å². The fourth-order valence-electron chi connectivity index (χ4n) is 1.57. The molecule has 12 heavy (non-hydrogen) atoms. The van der Waals surface area contributed by atoms with Gasteiger partial charge in [-0.25, -0.2) is 0 Å². The molecule has 0 unspecified atom stereocenters. The molecule has 3 N–H and O–H groups in total. The summed E-state index contributed by atoms with van der Waals surface area (Å²) in [6.07, 6.45) is 7.14. The lowest BCUT2D eigenvalue weighted by Crippen LogP contribution is -2.13. The molecule has 1 saturated carbocycles. The van der Waals surface area contributed by atoms with E-state index < -0.39 is 0 Å². The molecule has 1 fully saturated rings. The topological polar surface area (TPSA) is 59.1 Å². The second kappa shape index (κ2) is 5.14. The van der Waals surface area contributed by atoms with Crippen molar-refractivity contribution in [2.45, 2.75) is 44.6 Å². The molecule has 0 saturated heterocycles. The molecule has 0 atom stereocenters. The minimum absolute atomic E-state index is 0.269. The van der Waals surface area contributed by atoms with Crippen LogP contribution in [0.15, 0.2) is 0 Å². The van der Waals surface area contributed by atoms with Gasteiger partial charge in [0.15, 0.2) is 0 Å². The van der Waals surface area contributed by atoms with E-state index in [-0.39, 0.29) is 5.84 Å². The minimum atomic E-state index is 0.269. The van der Waals surface area contributed by atoms with Crippen molar-refractivity contribution in [3.05, 3.63) is 0 Å². The molecule has 0 amide bonds. The molecule has 1 aliphatic rings. The van der Waals surface area contributed by atoms with E-state index >= 15 is 0 Å². The summed E-state index contributed by atoms with van der Waals surface area (Å²) in [5.74, 6) is 0.269. The van der Waals surface area contributed by atoms with Crippen molar-refractivity contribution in [2.24, 2.45) is 5.73 Å². The van der Waals surface area contributed by atoms with Crippen LogP contribution in [0.25, 0.3) is 0 Å². The maximum absolute atomic E-state index is 7.00. The fraction of sp³-hybridized carbons (Fsp3) is 0.889. The van der Waals surface area contributed by atoms with Gasteiger partial charge in [0.2, 0.25) is 0 Å². The second-order valence-corrected chi connectivity index (χ2v) is 3.41. The first-order chi connectivity index (χ1) is 5.79. The van der Waals surface area contributed by atoms with Crippen LogP contribution in [0.2, 0.25) is 0 Å². The van der Waals surface area contributed by atoms with Crippen molar-refractivity contribution in [1.82, 2.24) is 0 Å². The van der Waals surface area contributed by atoms with Crippen LogP contribution in [0, 0.1) is 5.41 Å². The van der Waals surface area contributed by atoms with E-state index in [0.29, 0.717) is 12.5 Å². The number of nitrogens with two attached hydrogens (primary N) is 1. The van der Waals surface area contributed by atoms with Crippen LogP contribution in [0.5, 0.6) is 0 Å². The van der Waals surface area contributed by atoms with Gasteiger partial charge in [-0.2, -0.15) is 0 Å². The molecule has 1 rings (SSSR count). The average Bonchev–Trinajstić information content (AvgIpc) is 2.49. The zero-order chi connectivity index (χ0) is 8.81. The first-order valence-corrected chi connectivity index (χ1v) is 4.73. The summed E-state index contributed by atoms with van der Waals surface area (Å²) >= 11 is 0. The Balaban J connectivity index is 1.91. The van der Waals surface area contributed by atoms with E-state index in [9.17, 15) is 0 Å². The molecule has 1 aliphatic carbocycles. The number of hydrogen-bond donors (Lipinski definition) is 2. The van der Waals surface area contributed by atoms with Crippen LogP contribution in [0.4, 0.5) is 0 Å². The lowest BCUT2D eigenvalue weighted by atomic mass is 10.3. The van der Waals surface area contributed by atoms with Crippen LogP contribution in [-0.4, -0.2) is 18.5 Å². The summed E-state index contributed by atoms with van der Waals surface area (Å²) < 4.78 is 5.60. The zero-order valence-corrected chi connectivity index (χ0v) is 7.51. The van der Waals surface area contributed by atoms with E-state index in [2.05, 4.69) is 0 Å². The third kappa shape index (κ3) is 3.72. The summed E-state index contributed by atoms with van der Waals surface area (Å²) in [6, 6.07) is 0. The van der Waals surface area contributed by atoms with Crippen molar-refractivity contribution in [3.63, 3.8) is 0 Å². The number of amidine groups is 1. The summed E-state index contributed by atoms with van der Waals surface area (Å²) in [6.45, 7) is 0.768. The van der Waals surface area contributed by atoms with Gasteiger partial charge in [-0.3, -0.25) is 5.41 Å². The average molecular weight is 170 g/mol. The number of nitrogens with one attached hydrogen (secondary N) is 1. The predicted octanol–water partition coefficient (Wildman–Crippen LogP) is 1.66. The molecule has 0 aromatic rings. The predicted molar refractivity (Wildman–Crippen MR) is 49.4 cm³/mol. The Morgan fingerprint density at radius 3 is 2.67 bits per heavy atom. The maximum atomic E-state index is 7.00. The van der Waals surface area contributed by atoms with Crippen molar-refractivity contribution < 1.29 is 4.74 Å². The van der Waals surface area contributed by atoms with Gasteiger partial charge in [0.05, 0.1) is 11.9 Å². The Morgan fingerprint density at radius 1 is 1.42 bits per heavy atom. The van der Waals surface area contributed by atoms with Gasteiger partial charge in [-0.1, -0.05) is 12.8 Å². The van der Waals surface area contributed by atoms with Crippen molar-refractivity contribution >= 4 is 5.84 Å². The van der Waals surface area contributed by atoms with Gasteiger partial charge in [0, 0.05) is 13.0 Å². The van der Waals surface area contributed by atoms with Crippen LogP contribution in [-0.2, 0) is 4.74 Å². The van der Waals surface area contributed by atoms with Gasteiger partial charge in [-0.05, 0) is 19.3 Å². The highest BCUT2D eigenvalue weighted by Gasteiger charge is 2.14. The Kier molecular flexibility index (Phi) is 4.08. The van der Waals surface area contributed by atoms with E-state index in [1.165, 1.54) is 25.7 Å². The fourth-order valence-corrected chi connectivity index (χ4v) is 1.57. The second-order valence-electron chi connectivity index (χ2n) is 3.41. The molecule has 70 valence electrons. The van der Waals surface area contributed by atoms with Crippen molar-refractivity contribution in [2.75, 3.05) is 6.61 Å². The molecule has 0 radical (unpaired) electrons. The Hall–Kier alpha value is -0.570. The molecule has 0 bridgehead atoms. The van der Waals surface area contributed by atoms with E-state index in [4.69, 9.17) is 15.9 Å². The number of ether oxygens (including phenoxy) is 1. The molecule has 0 spiro atoms. The first kappa shape index (κ1) is 9.52. The largest absolute Gasteiger partial charge is 0.388 e. The van der Waals surface area contributed by atoms with Gasteiger partial charge in [-0.15, -0.1) is 0 Å². The summed E-state index contributed by atoms with van der Waals surface area (Å²) in [7, 11) is 0. The Morgan fingerprint density at radius 2 is 2.08 bits per heavy atom. The first-order valence-electron chi connectivity index (χ1n) is 4.73. The number of rotatable bonds is 5. The SMILES string of the molecule is N=C(N)CCCOC1CCCC1. The highest BCUT2D eigenvalue weighted by atomic mass is 16.5. The normalized spacial score (nSPS) is 18.3. The van der Waals surface area contributed by atoms with Gasteiger partial charge in [0.25, 0.3) is 0 Å². The molecule has 3 heteroatoms. The molecule has 0 aromatic heterocycles. The molecule has 0 aliphatic heterocycles. The quantitative estimate of drug-likeness (QED) is 0.374. The maximum Gasteiger partial charge on any atom is 0.0906 e. The molecular weight excluding hydrogens is 152 g/mol. The summed E-state index contributed by atoms with van der Waals surface area (Å²) in [5.41, 5.74) is 5.21. The van der Waals surface area contributed by atoms with Gasteiger partial charge < -0.3 is 10.5 Å². The highest BCUT2D eigenvalue weighted by molar-refractivity contribution is 5.76. The van der Waals surface area contributed by atoms with Crippen molar-refractivity contribution in [3.8, 4) is 0 Å². The van der Waals surface area contributed by atoms with Crippen LogP contribution >= 0.6 is 0 Å². The monoisotopic (exact) mass is 170 g/mol. The molecule has 0 aromatic carbocycles. The van der Waals surface area contributed by atoms with E-state index in [1.807, 2.05) is 0 Å². The van der Waals surface area contributed by atoms with Crippen LogP contribution in [0.1, 0.15) is 38.5 Å². The lowest BCUT2D eigenvalue weighted by Gasteiger charge is -2.09. The lowest BCUT2D eigenvalue weighted by molar-refractivity contribution is 0.0576. The third-order valence-corrected chi connectivity index (χ3v) is 2.25. The molecular formula is C9H18N2O. The standard InChI is InChI=1S/C9H18N2O/c10-9(11)6-3-7-12-8-4-1-2-5-8/h8H,1-7H2,(H3,10,11). The zero-order valence-electron chi connectivity index (χ0n) is 7.51. The smallest absolute Gasteiger partial charge is 0.0906 e. The minimum Gasteiger partial charge on any atom is -0.388 e. The summed E-state index contributed by atoms with van der Waals surface area (Å²) in [4.78, 5) is 0. The molecule has 3 nitrogen and oxygen atoms in total. The number of hydrogen-bond acceptors (Lipinski definition) is 2. The van der Waals surface area contributed by atoms with Crippen LogP contribution in [0.3, 0.4) is 0 Å². The third-order valence-electron chi connectivity index (χ3n) is 2.25.